The van der Waals surface area contributed by atoms with Crippen LogP contribution in [0.3, 0.4) is 0 Å². The van der Waals surface area contributed by atoms with E-state index in [2.05, 4.69) is 39.9 Å². The molecule has 0 aromatic carbocycles. The molecule has 0 aromatic rings. The van der Waals surface area contributed by atoms with E-state index in [1.54, 1.807) is 0 Å². The Morgan fingerprint density at radius 2 is 1.75 bits per heavy atom. The second kappa shape index (κ2) is 9.92. The maximum atomic E-state index is 10.8. The molecule has 6 heteroatoms. The molecule has 0 fully saturated rings. The first-order valence-electron chi connectivity index (χ1n) is 7.16. The molecule has 0 aliphatic heterocycles. The van der Waals surface area contributed by atoms with Crippen LogP contribution in [0.4, 0.5) is 0 Å². The first-order chi connectivity index (χ1) is 9.16. The number of hydrogen-bond donors (Lipinski definition) is 1. The number of hydrogen-bond acceptors (Lipinski definition) is 4. The predicted octanol–water partition coefficient (Wildman–Crippen LogP) is 2.65. The summed E-state index contributed by atoms with van der Waals surface area (Å²) < 4.78 is 0.770. The summed E-state index contributed by atoms with van der Waals surface area (Å²) in [5.41, 5.74) is 0. The maximum absolute atomic E-state index is 10.8. The van der Waals surface area contributed by atoms with Gasteiger partial charge in [-0.3, -0.25) is 4.79 Å². The highest BCUT2D eigenvalue weighted by Crippen LogP contribution is 2.22. The zero-order valence-corrected chi connectivity index (χ0v) is 15.4. The molecule has 0 aromatic heterocycles. The Balaban J connectivity index is 3.75. The van der Waals surface area contributed by atoms with Crippen LogP contribution in [0.5, 0.6) is 0 Å². The van der Waals surface area contributed by atoms with Gasteiger partial charge in [0.1, 0.15) is 0 Å². The number of carboxylic acid groups (broad SMARTS) is 1. The van der Waals surface area contributed by atoms with Gasteiger partial charge in [-0.05, 0) is 27.8 Å². The minimum absolute atomic E-state index is 0.158. The lowest BCUT2D eigenvalue weighted by Crippen LogP contribution is -2.49. The van der Waals surface area contributed by atoms with Crippen molar-refractivity contribution in [1.29, 1.82) is 0 Å². The van der Waals surface area contributed by atoms with Gasteiger partial charge in [-0.1, -0.05) is 21.6 Å². The highest BCUT2D eigenvalue weighted by molar-refractivity contribution is 8.76. The summed E-state index contributed by atoms with van der Waals surface area (Å²) in [4.78, 5) is 13.1. The molecule has 0 rings (SSSR count). The SMILES string of the molecule is CC(C)N(C)CCSSCC[N+](C)(C)C(C)CC(=O)O. The van der Waals surface area contributed by atoms with Gasteiger partial charge in [0, 0.05) is 18.3 Å². The molecule has 1 N–H and O–H groups in total. The second-order valence-corrected chi connectivity index (χ2v) is 8.87. The molecule has 1 unspecified atom stereocenters. The van der Waals surface area contributed by atoms with E-state index in [9.17, 15) is 4.79 Å². The monoisotopic (exact) mass is 323 g/mol. The molecule has 0 aliphatic rings. The van der Waals surface area contributed by atoms with E-state index in [1.165, 1.54) is 0 Å². The Bertz CT molecular complexity index is 286. The summed E-state index contributed by atoms with van der Waals surface area (Å²) in [5.74, 6) is 1.49. The van der Waals surface area contributed by atoms with Crippen LogP contribution in [-0.4, -0.2) is 78.3 Å². The third kappa shape index (κ3) is 9.10. The van der Waals surface area contributed by atoms with Crippen molar-refractivity contribution in [3.63, 3.8) is 0 Å². The van der Waals surface area contributed by atoms with Crippen LogP contribution < -0.4 is 0 Å². The highest BCUT2D eigenvalue weighted by atomic mass is 33.1. The Morgan fingerprint density at radius 3 is 2.25 bits per heavy atom. The Kier molecular flexibility index (Phi) is 9.97. The largest absolute Gasteiger partial charge is 0.481 e. The van der Waals surface area contributed by atoms with Crippen molar-refractivity contribution in [1.82, 2.24) is 4.90 Å². The van der Waals surface area contributed by atoms with Gasteiger partial charge in [-0.25, -0.2) is 0 Å². The quantitative estimate of drug-likeness (QED) is 0.360. The molecule has 0 aliphatic carbocycles. The van der Waals surface area contributed by atoms with E-state index in [0.29, 0.717) is 6.04 Å². The van der Waals surface area contributed by atoms with Crippen LogP contribution >= 0.6 is 21.6 Å². The van der Waals surface area contributed by atoms with Gasteiger partial charge in [-0.15, -0.1) is 0 Å². The summed E-state index contributed by atoms with van der Waals surface area (Å²) in [6.45, 7) is 8.56. The average molecular weight is 324 g/mol. The lowest BCUT2D eigenvalue weighted by molar-refractivity contribution is -0.910. The summed E-state index contributed by atoms with van der Waals surface area (Å²) in [7, 11) is 10.2. The van der Waals surface area contributed by atoms with E-state index in [-0.39, 0.29) is 12.5 Å². The minimum atomic E-state index is -0.706. The molecule has 0 saturated heterocycles. The summed E-state index contributed by atoms with van der Waals surface area (Å²) in [5, 5.41) is 8.86. The molecular formula is C14H31N2O2S2+. The minimum Gasteiger partial charge on any atom is -0.481 e. The van der Waals surface area contributed by atoms with E-state index >= 15 is 0 Å². The fourth-order valence-electron chi connectivity index (χ4n) is 1.55. The Labute approximate surface area is 132 Å². The van der Waals surface area contributed by atoms with Gasteiger partial charge < -0.3 is 14.5 Å². The molecule has 0 spiro atoms. The topological polar surface area (TPSA) is 40.5 Å². The van der Waals surface area contributed by atoms with E-state index < -0.39 is 5.97 Å². The van der Waals surface area contributed by atoms with E-state index in [1.807, 2.05) is 28.5 Å². The number of carbonyl (C=O) groups is 1. The zero-order valence-electron chi connectivity index (χ0n) is 13.8. The number of aliphatic carboxylic acids is 1. The first kappa shape index (κ1) is 20.1. The molecule has 0 amide bonds. The number of rotatable bonds is 11. The Morgan fingerprint density at radius 1 is 1.20 bits per heavy atom. The lowest BCUT2D eigenvalue weighted by Gasteiger charge is -2.35. The van der Waals surface area contributed by atoms with Gasteiger partial charge in [0.2, 0.25) is 0 Å². The van der Waals surface area contributed by atoms with Gasteiger partial charge in [0.25, 0.3) is 0 Å². The van der Waals surface area contributed by atoms with Crippen LogP contribution in [0.2, 0.25) is 0 Å². The number of carboxylic acids is 1. The maximum Gasteiger partial charge on any atom is 0.309 e. The molecule has 1 atom stereocenters. The molecular weight excluding hydrogens is 292 g/mol. The van der Waals surface area contributed by atoms with Crippen molar-refractivity contribution in [2.24, 2.45) is 0 Å². The standard InChI is InChI=1S/C14H30N2O2S2/c1-12(2)15(4)7-9-19-20-10-8-16(5,6)13(3)11-14(17)18/h12-13H,7-11H2,1-6H3/p+1. The van der Waals surface area contributed by atoms with Crippen molar-refractivity contribution in [3.8, 4) is 0 Å². The van der Waals surface area contributed by atoms with Crippen LogP contribution in [0, 0.1) is 0 Å². The van der Waals surface area contributed by atoms with Crippen molar-refractivity contribution in [2.75, 3.05) is 45.7 Å². The van der Waals surface area contributed by atoms with Gasteiger partial charge in [-0.2, -0.15) is 0 Å². The fraction of sp³-hybridized carbons (Fsp3) is 0.929. The summed E-state index contributed by atoms with van der Waals surface area (Å²) in [6.07, 6.45) is 0.240. The van der Waals surface area contributed by atoms with Gasteiger partial charge >= 0.3 is 5.97 Å². The van der Waals surface area contributed by atoms with Crippen molar-refractivity contribution in [2.45, 2.75) is 39.3 Å². The molecule has 4 nitrogen and oxygen atoms in total. The highest BCUT2D eigenvalue weighted by Gasteiger charge is 2.25. The molecule has 0 saturated carbocycles. The third-order valence-electron chi connectivity index (χ3n) is 3.91. The molecule has 120 valence electrons. The van der Waals surface area contributed by atoms with Crippen molar-refractivity contribution < 1.29 is 14.4 Å². The third-order valence-corrected chi connectivity index (χ3v) is 6.27. The normalized spacial score (nSPS) is 14.0. The van der Waals surface area contributed by atoms with Gasteiger partial charge in [0.05, 0.1) is 38.9 Å². The summed E-state index contributed by atoms with van der Waals surface area (Å²) >= 11 is 0. The lowest BCUT2D eigenvalue weighted by atomic mass is 10.2. The van der Waals surface area contributed by atoms with Crippen LogP contribution in [-0.2, 0) is 4.79 Å². The Hall–Kier alpha value is 0.0900. The molecule has 0 bridgehead atoms. The predicted molar refractivity (Wildman–Crippen MR) is 91.4 cm³/mol. The first-order valence-corrected chi connectivity index (χ1v) is 9.64. The molecule has 0 radical (unpaired) electrons. The smallest absolute Gasteiger partial charge is 0.309 e. The number of nitrogens with zero attached hydrogens (tertiary/aromatic N) is 2. The average Bonchev–Trinajstić information content (AvgIpc) is 2.32. The molecule has 20 heavy (non-hydrogen) atoms. The van der Waals surface area contributed by atoms with Crippen molar-refractivity contribution in [3.05, 3.63) is 0 Å². The van der Waals surface area contributed by atoms with Crippen LogP contribution in [0.1, 0.15) is 27.2 Å². The molecule has 0 heterocycles. The fourth-order valence-corrected chi connectivity index (χ4v) is 3.85. The zero-order chi connectivity index (χ0) is 15.8. The van der Waals surface area contributed by atoms with E-state index in [0.717, 1.165) is 29.1 Å². The van der Waals surface area contributed by atoms with E-state index in [4.69, 9.17) is 5.11 Å². The number of quaternary nitrogens is 1. The van der Waals surface area contributed by atoms with Gasteiger partial charge in [0.15, 0.2) is 0 Å². The van der Waals surface area contributed by atoms with Crippen molar-refractivity contribution >= 4 is 27.6 Å². The van der Waals surface area contributed by atoms with Crippen LogP contribution in [0.15, 0.2) is 0 Å². The van der Waals surface area contributed by atoms with Crippen LogP contribution in [0.25, 0.3) is 0 Å². The second-order valence-electron chi connectivity index (χ2n) is 6.17. The summed E-state index contributed by atoms with van der Waals surface area (Å²) in [6, 6.07) is 0.762.